The molecule has 8 nitrogen and oxygen atoms in total. The number of ether oxygens (including phenoxy) is 3. The largest absolute Gasteiger partial charge is 0.478 e. The fourth-order valence-electron chi connectivity index (χ4n) is 2.49. The number of likely N-dealkylation sites (N-methyl/N-ethyl adjacent to an activating group) is 1. The summed E-state index contributed by atoms with van der Waals surface area (Å²) in [7, 11) is 2.55. The number of anilines is 1. The van der Waals surface area contributed by atoms with Gasteiger partial charge in [0, 0.05) is 19.5 Å². The molecule has 1 heterocycles. The summed E-state index contributed by atoms with van der Waals surface area (Å²) in [4.78, 5) is 37.8. The summed E-state index contributed by atoms with van der Waals surface area (Å²) in [5.41, 5.74) is -0.556. The molecule has 0 bridgehead atoms. The van der Waals surface area contributed by atoms with Crippen molar-refractivity contribution in [1.82, 2.24) is 4.90 Å². The number of methoxy groups -OCH3 is 1. The van der Waals surface area contributed by atoms with Crippen molar-refractivity contribution in [3.8, 4) is 5.75 Å². The smallest absolute Gasteiger partial charge is 0.410 e. The first-order valence-corrected chi connectivity index (χ1v) is 8.32. The summed E-state index contributed by atoms with van der Waals surface area (Å²) in [6.07, 6.45) is -1.97. The van der Waals surface area contributed by atoms with E-state index >= 15 is 0 Å². The van der Waals surface area contributed by atoms with Gasteiger partial charge in [0.05, 0.1) is 12.8 Å². The third-order valence-corrected chi connectivity index (χ3v) is 3.82. The fourth-order valence-corrected chi connectivity index (χ4v) is 2.49. The van der Waals surface area contributed by atoms with E-state index in [1.54, 1.807) is 20.8 Å². The summed E-state index contributed by atoms with van der Waals surface area (Å²) >= 11 is 0. The Bertz CT molecular complexity index is 746. The van der Waals surface area contributed by atoms with Crippen molar-refractivity contribution in [3.63, 3.8) is 0 Å². The Morgan fingerprint density at radius 2 is 2.04 bits per heavy atom. The van der Waals surface area contributed by atoms with E-state index in [-0.39, 0.29) is 17.9 Å². The lowest BCUT2D eigenvalue weighted by molar-refractivity contribution is -0.147. The number of esters is 1. The van der Waals surface area contributed by atoms with Gasteiger partial charge in [-0.05, 0) is 32.9 Å². The van der Waals surface area contributed by atoms with Crippen LogP contribution in [0.1, 0.15) is 27.2 Å². The molecule has 0 radical (unpaired) electrons. The molecule has 2 rings (SSSR count). The minimum atomic E-state index is -1.11. The van der Waals surface area contributed by atoms with Crippen molar-refractivity contribution in [2.24, 2.45) is 0 Å². The molecule has 1 aliphatic rings. The lowest BCUT2D eigenvalue weighted by Crippen LogP contribution is -2.50. The molecule has 2 atom stereocenters. The summed E-state index contributed by atoms with van der Waals surface area (Å²) in [6.45, 7) is 5.08. The number of fused-ring (bicyclic) bond motifs is 1. The Morgan fingerprint density at radius 3 is 2.63 bits per heavy atom. The maximum atomic E-state index is 13.3. The van der Waals surface area contributed by atoms with Gasteiger partial charge in [0.25, 0.3) is 5.91 Å². The first-order chi connectivity index (χ1) is 12.5. The molecule has 0 fully saturated rings. The molecule has 2 amide bonds. The number of carbonyl (C=O) groups excluding carboxylic acids is 3. The van der Waals surface area contributed by atoms with E-state index in [2.05, 4.69) is 5.32 Å². The molecule has 0 saturated carbocycles. The lowest BCUT2D eigenvalue weighted by atomic mass is 10.1. The first kappa shape index (κ1) is 20.5. The minimum absolute atomic E-state index is 0.162. The number of nitrogens with one attached hydrogen (secondary N) is 1. The van der Waals surface area contributed by atoms with Gasteiger partial charge in [-0.15, -0.1) is 0 Å². The zero-order valence-corrected chi connectivity index (χ0v) is 15.9. The third-order valence-electron chi connectivity index (χ3n) is 3.82. The van der Waals surface area contributed by atoms with Crippen LogP contribution in [0, 0.1) is 5.82 Å². The Balaban J connectivity index is 2.18. The summed E-state index contributed by atoms with van der Waals surface area (Å²) in [6, 6.07) is 2.59. The minimum Gasteiger partial charge on any atom is -0.478 e. The van der Waals surface area contributed by atoms with Gasteiger partial charge in [0.2, 0.25) is 0 Å². The monoisotopic (exact) mass is 382 g/mol. The molecule has 0 spiro atoms. The second-order valence-corrected chi connectivity index (χ2v) is 7.10. The summed E-state index contributed by atoms with van der Waals surface area (Å²) in [5.74, 6) is -1.53. The second kappa shape index (κ2) is 7.81. The van der Waals surface area contributed by atoms with Crippen LogP contribution in [0.25, 0.3) is 0 Å². The molecule has 1 N–H and O–H groups in total. The van der Waals surface area contributed by atoms with Gasteiger partial charge in [0.15, 0.2) is 6.10 Å². The topological polar surface area (TPSA) is 94.2 Å². The van der Waals surface area contributed by atoms with Gasteiger partial charge in [-0.3, -0.25) is 9.69 Å². The second-order valence-electron chi connectivity index (χ2n) is 7.10. The molecule has 0 unspecified atom stereocenters. The molecule has 1 aliphatic heterocycles. The number of rotatable bonds is 4. The Hall–Kier alpha value is -2.84. The molecule has 9 heteroatoms. The van der Waals surface area contributed by atoms with Gasteiger partial charge in [-0.2, -0.15) is 0 Å². The average molecular weight is 382 g/mol. The SMILES string of the molecule is COC(=O)[C@H](C[C@@H]1Oc2ccc(F)cc2NC1=O)N(C)C(=O)OC(C)(C)C. The van der Waals surface area contributed by atoms with Crippen LogP contribution >= 0.6 is 0 Å². The number of amides is 2. The molecule has 27 heavy (non-hydrogen) atoms. The van der Waals surface area contributed by atoms with Gasteiger partial charge in [0.1, 0.15) is 23.2 Å². The van der Waals surface area contributed by atoms with Crippen molar-refractivity contribution in [2.75, 3.05) is 19.5 Å². The number of carbonyl (C=O) groups is 3. The Labute approximate surface area is 156 Å². The Kier molecular flexibility index (Phi) is 5.92. The highest BCUT2D eigenvalue weighted by molar-refractivity contribution is 5.98. The van der Waals surface area contributed by atoms with Crippen molar-refractivity contribution >= 4 is 23.7 Å². The van der Waals surface area contributed by atoms with E-state index < -0.39 is 41.5 Å². The summed E-state index contributed by atoms with van der Waals surface area (Å²) in [5, 5.41) is 2.53. The van der Waals surface area contributed by atoms with E-state index in [0.29, 0.717) is 0 Å². The van der Waals surface area contributed by atoms with Crippen molar-refractivity contribution in [1.29, 1.82) is 0 Å². The van der Waals surface area contributed by atoms with Gasteiger partial charge < -0.3 is 19.5 Å². The zero-order valence-electron chi connectivity index (χ0n) is 15.9. The fraction of sp³-hybridized carbons (Fsp3) is 0.500. The van der Waals surface area contributed by atoms with E-state index in [1.165, 1.54) is 26.3 Å². The van der Waals surface area contributed by atoms with Crippen LogP contribution in [0.2, 0.25) is 0 Å². The van der Waals surface area contributed by atoms with Crippen LogP contribution < -0.4 is 10.1 Å². The van der Waals surface area contributed by atoms with Crippen LogP contribution in [0.5, 0.6) is 5.75 Å². The van der Waals surface area contributed by atoms with Crippen LogP contribution in [0.3, 0.4) is 0 Å². The predicted molar refractivity (Wildman–Crippen MR) is 93.9 cm³/mol. The standard InChI is InChI=1S/C18H23FN2O6/c1-18(2,3)27-17(24)21(4)12(16(23)25-5)9-14-15(22)20-11-8-10(19)6-7-13(11)26-14/h6-8,12,14H,9H2,1-5H3,(H,20,22)/t12-,14-/m0/s1. The molecule has 0 saturated heterocycles. The Morgan fingerprint density at radius 1 is 1.37 bits per heavy atom. The van der Waals surface area contributed by atoms with Crippen LogP contribution in [-0.4, -0.2) is 54.8 Å². The lowest BCUT2D eigenvalue weighted by Gasteiger charge is -2.32. The summed E-state index contributed by atoms with van der Waals surface area (Å²) < 4.78 is 28.9. The average Bonchev–Trinajstić information content (AvgIpc) is 2.57. The number of hydrogen-bond donors (Lipinski definition) is 1. The normalized spacial score (nSPS) is 17.1. The van der Waals surface area contributed by atoms with Crippen LogP contribution in [0.15, 0.2) is 18.2 Å². The predicted octanol–water partition coefficient (Wildman–Crippen LogP) is 2.32. The molecule has 1 aromatic carbocycles. The molecule has 0 aromatic heterocycles. The highest BCUT2D eigenvalue weighted by atomic mass is 19.1. The molecular weight excluding hydrogens is 359 g/mol. The van der Waals surface area contributed by atoms with Crippen molar-refractivity contribution in [3.05, 3.63) is 24.0 Å². The van der Waals surface area contributed by atoms with E-state index in [0.717, 1.165) is 11.0 Å². The van der Waals surface area contributed by atoms with Crippen molar-refractivity contribution in [2.45, 2.75) is 44.9 Å². The van der Waals surface area contributed by atoms with Gasteiger partial charge >= 0.3 is 12.1 Å². The van der Waals surface area contributed by atoms with Crippen LogP contribution in [-0.2, 0) is 19.1 Å². The number of halogens is 1. The maximum Gasteiger partial charge on any atom is 0.410 e. The molecule has 148 valence electrons. The van der Waals surface area contributed by atoms with Gasteiger partial charge in [-0.25, -0.2) is 14.0 Å². The zero-order chi connectivity index (χ0) is 20.4. The molecular formula is C18H23FN2O6. The van der Waals surface area contributed by atoms with Crippen LogP contribution in [0.4, 0.5) is 14.9 Å². The first-order valence-electron chi connectivity index (χ1n) is 8.32. The molecule has 0 aliphatic carbocycles. The maximum absolute atomic E-state index is 13.3. The van der Waals surface area contributed by atoms with E-state index in [1.807, 2.05) is 0 Å². The number of nitrogens with zero attached hydrogens (tertiary/aromatic N) is 1. The van der Waals surface area contributed by atoms with Gasteiger partial charge in [-0.1, -0.05) is 0 Å². The highest BCUT2D eigenvalue weighted by Crippen LogP contribution is 2.31. The van der Waals surface area contributed by atoms with E-state index in [4.69, 9.17) is 14.2 Å². The number of benzene rings is 1. The quantitative estimate of drug-likeness (QED) is 0.804. The van der Waals surface area contributed by atoms with E-state index in [9.17, 15) is 18.8 Å². The van der Waals surface area contributed by atoms with Crippen molar-refractivity contribution < 1.29 is 33.0 Å². The number of hydrogen-bond acceptors (Lipinski definition) is 6. The highest BCUT2D eigenvalue weighted by Gasteiger charge is 2.38. The third kappa shape index (κ3) is 5.08. The molecule has 1 aromatic rings.